The van der Waals surface area contributed by atoms with E-state index in [1.807, 2.05) is 38.7 Å². The van der Waals surface area contributed by atoms with Gasteiger partial charge in [-0.2, -0.15) is 0 Å². The van der Waals surface area contributed by atoms with Crippen molar-refractivity contribution in [2.75, 3.05) is 25.1 Å². The number of hydrogen-bond acceptors (Lipinski definition) is 5. The van der Waals surface area contributed by atoms with Crippen LogP contribution in [0, 0.1) is 6.92 Å². The van der Waals surface area contributed by atoms with E-state index >= 15 is 0 Å². The molecule has 0 bridgehead atoms. The van der Waals surface area contributed by atoms with Crippen LogP contribution in [0.3, 0.4) is 0 Å². The summed E-state index contributed by atoms with van der Waals surface area (Å²) in [5, 5.41) is 0. The number of methoxy groups -OCH3 is 1. The predicted molar refractivity (Wildman–Crippen MR) is 114 cm³/mol. The van der Waals surface area contributed by atoms with Crippen LogP contribution in [0.4, 0.5) is 10.5 Å². The van der Waals surface area contributed by atoms with Gasteiger partial charge in [0, 0.05) is 23.2 Å². The molecule has 0 saturated carbocycles. The number of hydrogen-bond donors (Lipinski definition) is 0. The summed E-state index contributed by atoms with van der Waals surface area (Å²) in [6, 6.07) is 3.76. The largest absolute Gasteiger partial charge is 0.465 e. The third-order valence-corrected chi connectivity index (χ3v) is 5.32. The number of rotatable bonds is 4. The van der Waals surface area contributed by atoms with Gasteiger partial charge in [-0.05, 0) is 71.6 Å². The second kappa shape index (κ2) is 9.16. The maximum atomic E-state index is 12.8. The number of ether oxygens (including phenoxy) is 2. The highest BCUT2D eigenvalue weighted by atomic mass is 79.9. The molecule has 2 rings (SSSR count). The highest BCUT2D eigenvalue weighted by Crippen LogP contribution is 2.33. The molecule has 1 aliphatic heterocycles. The molecule has 0 aromatic heterocycles. The predicted octanol–water partition coefficient (Wildman–Crippen LogP) is 5.12. The van der Waals surface area contributed by atoms with Crippen molar-refractivity contribution in [1.29, 1.82) is 0 Å². The maximum absolute atomic E-state index is 12.8. The van der Waals surface area contributed by atoms with E-state index in [9.17, 15) is 9.59 Å². The minimum absolute atomic E-state index is 0.118. The second-order valence-corrected chi connectivity index (χ2v) is 8.94. The Morgan fingerprint density at radius 1 is 1.29 bits per heavy atom. The van der Waals surface area contributed by atoms with Gasteiger partial charge in [0.05, 0.1) is 12.7 Å². The summed E-state index contributed by atoms with van der Waals surface area (Å²) in [6.45, 7) is 11.0. The zero-order valence-corrected chi connectivity index (χ0v) is 19.3. The van der Waals surface area contributed by atoms with Crippen molar-refractivity contribution in [3.8, 4) is 0 Å². The van der Waals surface area contributed by atoms with Crippen molar-refractivity contribution in [2.45, 2.75) is 65.6 Å². The molecule has 1 unspecified atom stereocenters. The number of likely N-dealkylation sites (tertiary alicyclic amines) is 1. The van der Waals surface area contributed by atoms with E-state index < -0.39 is 5.60 Å². The average Bonchev–Trinajstić information content (AvgIpc) is 2.63. The fraction of sp³-hybridized carbons (Fsp3) is 0.619. The number of carbonyl (C=O) groups excluding carboxylic acids is 2. The van der Waals surface area contributed by atoms with E-state index in [0.717, 1.165) is 35.0 Å². The van der Waals surface area contributed by atoms with Gasteiger partial charge >= 0.3 is 12.1 Å². The highest BCUT2D eigenvalue weighted by Gasteiger charge is 2.34. The van der Waals surface area contributed by atoms with Gasteiger partial charge in [0.2, 0.25) is 0 Å². The van der Waals surface area contributed by atoms with Gasteiger partial charge < -0.3 is 14.4 Å². The van der Waals surface area contributed by atoms with Crippen molar-refractivity contribution >= 4 is 33.7 Å². The molecule has 0 N–H and O–H groups in total. The highest BCUT2D eigenvalue weighted by molar-refractivity contribution is 9.10. The molecule has 6 nitrogen and oxygen atoms in total. The van der Waals surface area contributed by atoms with E-state index in [1.165, 1.54) is 7.11 Å². The lowest BCUT2D eigenvalue weighted by atomic mass is 10.0. The number of nitrogens with zero attached hydrogens (tertiary/aromatic N) is 2. The van der Waals surface area contributed by atoms with Gasteiger partial charge in [-0.15, -0.1) is 0 Å². The van der Waals surface area contributed by atoms with Gasteiger partial charge in [-0.3, -0.25) is 4.90 Å². The van der Waals surface area contributed by atoms with E-state index in [4.69, 9.17) is 9.47 Å². The summed E-state index contributed by atoms with van der Waals surface area (Å²) in [7, 11) is 1.38. The van der Waals surface area contributed by atoms with Crippen LogP contribution in [0.1, 0.15) is 62.9 Å². The number of benzene rings is 1. The first-order valence-corrected chi connectivity index (χ1v) is 10.5. The Kier molecular flexibility index (Phi) is 7.37. The van der Waals surface area contributed by atoms with Gasteiger partial charge in [0.25, 0.3) is 0 Å². The summed E-state index contributed by atoms with van der Waals surface area (Å²) in [5.41, 5.74) is 1.73. The van der Waals surface area contributed by atoms with Crippen LogP contribution in [-0.4, -0.2) is 48.9 Å². The quantitative estimate of drug-likeness (QED) is 0.590. The van der Waals surface area contributed by atoms with Crippen LogP contribution in [0.5, 0.6) is 0 Å². The topological polar surface area (TPSA) is 59.1 Å². The maximum Gasteiger partial charge on any atom is 0.411 e. The average molecular weight is 455 g/mol. The molecule has 1 aromatic carbocycles. The Morgan fingerprint density at radius 2 is 1.96 bits per heavy atom. The number of esters is 1. The molecular weight excluding hydrogens is 424 g/mol. The Bertz CT molecular complexity index is 730. The van der Waals surface area contributed by atoms with E-state index in [0.29, 0.717) is 18.7 Å². The molecule has 0 spiro atoms. The van der Waals surface area contributed by atoms with E-state index in [-0.39, 0.29) is 18.2 Å². The molecule has 156 valence electrons. The van der Waals surface area contributed by atoms with Gasteiger partial charge in [0.1, 0.15) is 11.8 Å². The molecule has 1 aliphatic rings. The molecule has 28 heavy (non-hydrogen) atoms. The first-order valence-electron chi connectivity index (χ1n) is 9.73. The minimum Gasteiger partial charge on any atom is -0.465 e. The van der Waals surface area contributed by atoms with Crippen LogP contribution in [0.2, 0.25) is 0 Å². The van der Waals surface area contributed by atoms with Crippen LogP contribution in [-0.2, 0) is 9.47 Å². The normalized spacial score (nSPS) is 17.2. The third kappa shape index (κ3) is 5.19. The minimum atomic E-state index is -0.542. The van der Waals surface area contributed by atoms with E-state index in [1.54, 1.807) is 6.07 Å². The molecule has 7 heteroatoms. The molecule has 1 heterocycles. The number of halogens is 1. The zero-order chi connectivity index (χ0) is 21.1. The standard InChI is InChI=1S/C21H31BrN2O4/c1-7-23(17-13-15(22)12-16(14(17)2)19(25)27-6)18-10-8-9-11-24(18)20(26)28-21(3,4)5/h12-13,18H,7-11H2,1-6H3. The summed E-state index contributed by atoms with van der Waals surface area (Å²) in [5.74, 6) is -0.372. The van der Waals surface area contributed by atoms with E-state index in [2.05, 4.69) is 27.8 Å². The molecule has 1 amide bonds. The Morgan fingerprint density at radius 3 is 2.54 bits per heavy atom. The molecule has 0 radical (unpaired) electrons. The van der Waals surface area contributed by atoms with Crippen molar-refractivity contribution < 1.29 is 19.1 Å². The van der Waals surface area contributed by atoms with Gasteiger partial charge in [-0.25, -0.2) is 9.59 Å². The summed E-state index contributed by atoms with van der Waals surface area (Å²) in [6.07, 6.45) is 2.44. The van der Waals surface area contributed by atoms with Crippen molar-refractivity contribution in [2.24, 2.45) is 0 Å². The second-order valence-electron chi connectivity index (χ2n) is 8.03. The Labute approximate surface area is 176 Å². The number of amides is 1. The lowest BCUT2D eigenvalue weighted by Crippen LogP contribution is -2.54. The Hall–Kier alpha value is -1.76. The first kappa shape index (κ1) is 22.5. The van der Waals surface area contributed by atoms with Crippen molar-refractivity contribution in [3.05, 3.63) is 27.7 Å². The zero-order valence-electron chi connectivity index (χ0n) is 17.7. The van der Waals surface area contributed by atoms with Crippen LogP contribution in [0.25, 0.3) is 0 Å². The molecule has 0 aliphatic carbocycles. The molecule has 1 aromatic rings. The summed E-state index contributed by atoms with van der Waals surface area (Å²) >= 11 is 3.51. The number of anilines is 1. The fourth-order valence-corrected chi connectivity index (χ4v) is 4.04. The SMILES string of the molecule is CCN(c1cc(Br)cc(C(=O)OC)c1C)C1CCCCN1C(=O)OC(C)(C)C. The first-order chi connectivity index (χ1) is 13.1. The lowest BCUT2D eigenvalue weighted by Gasteiger charge is -2.44. The lowest BCUT2D eigenvalue weighted by molar-refractivity contribution is 0.00951. The smallest absolute Gasteiger partial charge is 0.411 e. The monoisotopic (exact) mass is 454 g/mol. The van der Waals surface area contributed by atoms with Crippen molar-refractivity contribution in [3.63, 3.8) is 0 Å². The molecule has 1 atom stereocenters. The van der Waals surface area contributed by atoms with Crippen LogP contribution < -0.4 is 4.90 Å². The fourth-order valence-electron chi connectivity index (χ4n) is 3.60. The third-order valence-electron chi connectivity index (χ3n) is 4.86. The van der Waals surface area contributed by atoms with Gasteiger partial charge in [0.15, 0.2) is 0 Å². The van der Waals surface area contributed by atoms with Crippen molar-refractivity contribution in [1.82, 2.24) is 4.90 Å². The summed E-state index contributed by atoms with van der Waals surface area (Å²) < 4.78 is 11.4. The molecule has 1 fully saturated rings. The number of piperidine rings is 1. The Balaban J connectivity index is 2.43. The number of carbonyl (C=O) groups is 2. The van der Waals surface area contributed by atoms with Crippen LogP contribution in [0.15, 0.2) is 16.6 Å². The van der Waals surface area contributed by atoms with Crippen LogP contribution >= 0.6 is 15.9 Å². The summed E-state index contributed by atoms with van der Waals surface area (Å²) in [4.78, 5) is 29.0. The molecule has 1 saturated heterocycles. The van der Waals surface area contributed by atoms with Gasteiger partial charge in [-0.1, -0.05) is 15.9 Å². The molecular formula is C21H31BrN2O4.